The molecule has 3 aromatic carbocycles. The maximum atomic E-state index is 12.4. The predicted molar refractivity (Wildman–Crippen MR) is 143 cm³/mol. The Bertz CT molecular complexity index is 1280. The van der Waals surface area contributed by atoms with Crippen LogP contribution in [0, 0.1) is 0 Å². The summed E-state index contributed by atoms with van der Waals surface area (Å²) >= 11 is 4.77. The Hall–Kier alpha value is -3.43. The summed E-state index contributed by atoms with van der Waals surface area (Å²) in [4.78, 5) is 12.4. The second-order valence-corrected chi connectivity index (χ2v) is 9.34. The van der Waals surface area contributed by atoms with Crippen molar-refractivity contribution < 1.29 is 9.53 Å². The van der Waals surface area contributed by atoms with Crippen LogP contribution in [-0.2, 0) is 4.79 Å². The van der Waals surface area contributed by atoms with Crippen molar-refractivity contribution in [2.45, 2.75) is 18.5 Å². The van der Waals surface area contributed by atoms with E-state index in [-0.39, 0.29) is 11.7 Å². The van der Waals surface area contributed by atoms with E-state index in [4.69, 9.17) is 4.74 Å². The minimum absolute atomic E-state index is 0.145. The number of rotatable bonds is 10. The number of para-hydroxylation sites is 1. The topological polar surface area (TPSA) is 81.4 Å². The fourth-order valence-corrected chi connectivity index (χ4v) is 4.18. The molecule has 0 saturated carbocycles. The largest absolute Gasteiger partial charge is 0.494 e. The number of nitrogens with one attached hydrogen (secondary N) is 1. The molecule has 9 heteroatoms. The Labute approximate surface area is 216 Å². The highest BCUT2D eigenvalue weighted by atomic mass is 79.9. The quantitative estimate of drug-likeness (QED) is 0.155. The van der Waals surface area contributed by atoms with E-state index in [0.29, 0.717) is 17.6 Å². The Morgan fingerprint density at radius 3 is 2.51 bits per heavy atom. The average molecular weight is 550 g/mol. The van der Waals surface area contributed by atoms with Crippen molar-refractivity contribution in [2.24, 2.45) is 5.10 Å². The van der Waals surface area contributed by atoms with Gasteiger partial charge in [-0.1, -0.05) is 64.9 Å². The highest BCUT2D eigenvalue weighted by Crippen LogP contribution is 2.28. The summed E-state index contributed by atoms with van der Waals surface area (Å²) in [6.45, 7) is 2.75. The molecular formula is C26H24BrN5O2S. The summed E-state index contributed by atoms with van der Waals surface area (Å²) in [5, 5.41) is 13.4. The van der Waals surface area contributed by atoms with E-state index in [9.17, 15) is 4.79 Å². The molecule has 1 amide bonds. The molecule has 0 fully saturated rings. The van der Waals surface area contributed by atoms with Gasteiger partial charge in [-0.05, 0) is 60.5 Å². The molecule has 4 aromatic rings. The van der Waals surface area contributed by atoms with Gasteiger partial charge in [0.15, 0.2) is 11.0 Å². The third kappa shape index (κ3) is 6.80. The van der Waals surface area contributed by atoms with E-state index in [1.165, 1.54) is 11.8 Å². The van der Waals surface area contributed by atoms with Crippen LogP contribution in [0.25, 0.3) is 17.1 Å². The summed E-state index contributed by atoms with van der Waals surface area (Å²) in [5.74, 6) is 1.43. The number of aromatic nitrogens is 3. The first-order valence-corrected chi connectivity index (χ1v) is 12.9. The lowest BCUT2D eigenvalue weighted by atomic mass is 10.2. The number of hydrogen-bond acceptors (Lipinski definition) is 6. The average Bonchev–Trinajstić information content (AvgIpc) is 3.32. The van der Waals surface area contributed by atoms with Crippen molar-refractivity contribution in [3.63, 3.8) is 0 Å². The van der Waals surface area contributed by atoms with Crippen LogP contribution in [0.2, 0.25) is 0 Å². The number of hydrazone groups is 1. The number of amides is 1. The van der Waals surface area contributed by atoms with Crippen LogP contribution in [-0.4, -0.2) is 39.2 Å². The fraction of sp³-hybridized carbons (Fsp3) is 0.154. The number of carbonyl (C=O) groups excluding carboxylic acids is 1. The monoisotopic (exact) mass is 549 g/mol. The van der Waals surface area contributed by atoms with Gasteiger partial charge < -0.3 is 4.74 Å². The first-order valence-electron chi connectivity index (χ1n) is 11.1. The Balaban J connectivity index is 1.41. The molecule has 35 heavy (non-hydrogen) atoms. The maximum absolute atomic E-state index is 12.4. The van der Waals surface area contributed by atoms with E-state index in [2.05, 4.69) is 43.6 Å². The number of ether oxygens (including phenoxy) is 1. The lowest BCUT2D eigenvalue weighted by Crippen LogP contribution is -2.20. The summed E-state index contributed by atoms with van der Waals surface area (Å²) < 4.78 is 8.51. The smallest absolute Gasteiger partial charge is 0.250 e. The van der Waals surface area contributed by atoms with Gasteiger partial charge in [0.1, 0.15) is 5.75 Å². The van der Waals surface area contributed by atoms with Gasteiger partial charge in [-0.25, -0.2) is 5.43 Å². The van der Waals surface area contributed by atoms with Crippen molar-refractivity contribution >= 4 is 39.8 Å². The molecule has 0 aliphatic carbocycles. The first-order chi connectivity index (χ1) is 17.1. The molecule has 0 saturated heterocycles. The number of nitrogens with zero attached hydrogens (tertiary/aromatic N) is 4. The number of thioether (sulfide) groups is 1. The van der Waals surface area contributed by atoms with Crippen LogP contribution in [0.3, 0.4) is 0 Å². The lowest BCUT2D eigenvalue weighted by molar-refractivity contribution is -0.118. The zero-order chi connectivity index (χ0) is 24.5. The van der Waals surface area contributed by atoms with E-state index < -0.39 is 0 Å². The van der Waals surface area contributed by atoms with Crippen LogP contribution in [0.5, 0.6) is 5.75 Å². The third-order valence-corrected chi connectivity index (χ3v) is 6.30. The molecule has 0 bridgehead atoms. The van der Waals surface area contributed by atoms with E-state index in [1.807, 2.05) is 83.4 Å². The fourth-order valence-electron chi connectivity index (χ4n) is 3.17. The van der Waals surface area contributed by atoms with Gasteiger partial charge in [0.25, 0.3) is 5.91 Å². The molecule has 7 nitrogen and oxygen atoms in total. The van der Waals surface area contributed by atoms with Crippen molar-refractivity contribution in [2.75, 3.05) is 12.4 Å². The van der Waals surface area contributed by atoms with Gasteiger partial charge in [-0.2, -0.15) is 5.10 Å². The molecular weight excluding hydrogens is 526 g/mol. The van der Waals surface area contributed by atoms with E-state index >= 15 is 0 Å². The molecule has 1 aromatic heterocycles. The normalized spacial score (nSPS) is 11.0. The number of halogens is 1. The molecule has 1 heterocycles. The van der Waals surface area contributed by atoms with Gasteiger partial charge in [0, 0.05) is 15.7 Å². The highest BCUT2D eigenvalue weighted by Gasteiger charge is 2.17. The van der Waals surface area contributed by atoms with Gasteiger partial charge >= 0.3 is 0 Å². The molecule has 178 valence electrons. The van der Waals surface area contributed by atoms with Crippen LogP contribution < -0.4 is 10.2 Å². The van der Waals surface area contributed by atoms with E-state index in [0.717, 1.165) is 33.5 Å². The van der Waals surface area contributed by atoms with Crippen LogP contribution >= 0.6 is 27.7 Å². The van der Waals surface area contributed by atoms with Gasteiger partial charge in [0.05, 0.1) is 18.6 Å². The molecule has 0 atom stereocenters. The Morgan fingerprint density at radius 2 is 1.80 bits per heavy atom. The standard InChI is InChI=1S/C26H24BrN5O2S/c1-2-16-34-23-14-8-19(9-15-23)17-28-29-24(33)18-35-26-31-30-25(20-10-12-21(27)13-11-20)32(26)22-6-4-3-5-7-22/h3-15,17H,2,16,18H2,1H3,(H,29,33). The summed E-state index contributed by atoms with van der Waals surface area (Å²) in [6.07, 6.45) is 2.56. The predicted octanol–water partition coefficient (Wildman–Crippen LogP) is 5.73. The molecule has 0 aliphatic rings. The molecule has 0 spiro atoms. The van der Waals surface area contributed by atoms with Crippen molar-refractivity contribution in [3.05, 3.63) is 88.9 Å². The molecule has 1 N–H and O–H groups in total. The third-order valence-electron chi connectivity index (χ3n) is 4.84. The van der Waals surface area contributed by atoms with Gasteiger partial charge in [-0.3, -0.25) is 9.36 Å². The van der Waals surface area contributed by atoms with Crippen molar-refractivity contribution in [3.8, 4) is 22.8 Å². The molecule has 0 radical (unpaired) electrons. The first kappa shape index (κ1) is 24.7. The van der Waals surface area contributed by atoms with E-state index in [1.54, 1.807) is 6.21 Å². The zero-order valence-corrected chi connectivity index (χ0v) is 21.5. The second-order valence-electron chi connectivity index (χ2n) is 7.48. The SMILES string of the molecule is CCCOc1ccc(C=NNC(=O)CSc2nnc(-c3ccc(Br)cc3)n2-c2ccccc2)cc1. The van der Waals surface area contributed by atoms with Crippen LogP contribution in [0.4, 0.5) is 0 Å². The Kier molecular flexibility index (Phi) is 8.69. The number of hydrogen-bond donors (Lipinski definition) is 1. The highest BCUT2D eigenvalue weighted by molar-refractivity contribution is 9.10. The molecule has 4 rings (SSSR count). The summed E-state index contributed by atoms with van der Waals surface area (Å²) in [7, 11) is 0. The van der Waals surface area contributed by atoms with Crippen LogP contribution in [0.1, 0.15) is 18.9 Å². The van der Waals surface area contributed by atoms with Crippen molar-refractivity contribution in [1.29, 1.82) is 0 Å². The molecule has 0 aliphatic heterocycles. The van der Waals surface area contributed by atoms with Gasteiger partial charge in [-0.15, -0.1) is 10.2 Å². The summed E-state index contributed by atoms with van der Waals surface area (Å²) in [5.41, 5.74) is 5.28. The maximum Gasteiger partial charge on any atom is 0.250 e. The number of benzene rings is 3. The number of carbonyl (C=O) groups is 1. The molecule has 0 unspecified atom stereocenters. The van der Waals surface area contributed by atoms with Gasteiger partial charge in [0.2, 0.25) is 0 Å². The second kappa shape index (κ2) is 12.3. The lowest BCUT2D eigenvalue weighted by Gasteiger charge is -2.10. The zero-order valence-electron chi connectivity index (χ0n) is 19.1. The summed E-state index contributed by atoms with van der Waals surface area (Å²) in [6, 6.07) is 25.3. The Morgan fingerprint density at radius 1 is 1.06 bits per heavy atom. The van der Waals surface area contributed by atoms with Crippen molar-refractivity contribution in [1.82, 2.24) is 20.2 Å². The van der Waals surface area contributed by atoms with Crippen LogP contribution in [0.15, 0.2) is 93.6 Å². The minimum Gasteiger partial charge on any atom is -0.494 e. The minimum atomic E-state index is -0.234.